The molecule has 0 unspecified atom stereocenters. The van der Waals surface area contributed by atoms with Crippen molar-refractivity contribution >= 4 is 15.7 Å². The van der Waals surface area contributed by atoms with Crippen molar-refractivity contribution in [2.45, 2.75) is 24.8 Å². The van der Waals surface area contributed by atoms with E-state index in [2.05, 4.69) is 4.98 Å². The summed E-state index contributed by atoms with van der Waals surface area (Å²) >= 11 is 0. The number of sulfonamides is 1. The number of fused-ring (bicyclic) bond motifs is 3. The largest absolute Gasteiger partial charge is 0.302 e. The maximum absolute atomic E-state index is 13.0. The van der Waals surface area contributed by atoms with E-state index in [0.717, 1.165) is 22.6 Å². The minimum Gasteiger partial charge on any atom is -0.302 e. The molecule has 0 atom stereocenters. The molecule has 6 heteroatoms. The fourth-order valence-corrected chi connectivity index (χ4v) is 4.76. The lowest BCUT2D eigenvalue weighted by Gasteiger charge is -2.26. The first-order valence-corrected chi connectivity index (χ1v) is 9.02. The van der Waals surface area contributed by atoms with Crippen molar-refractivity contribution in [3.63, 3.8) is 0 Å². The second kappa shape index (κ2) is 5.18. The molecule has 1 aliphatic rings. The summed E-state index contributed by atoms with van der Waals surface area (Å²) in [5.41, 5.74) is 3.60. The Hall–Kier alpha value is -2.18. The van der Waals surface area contributed by atoms with Crippen molar-refractivity contribution in [3.05, 3.63) is 65.6 Å². The molecule has 4 rings (SSSR count). The van der Waals surface area contributed by atoms with Gasteiger partial charge in [-0.2, -0.15) is 4.31 Å². The first kappa shape index (κ1) is 14.4. The average molecular weight is 327 g/mol. The van der Waals surface area contributed by atoms with Gasteiger partial charge in [0.15, 0.2) is 0 Å². The van der Waals surface area contributed by atoms with Crippen LogP contribution in [0, 0.1) is 6.92 Å². The Balaban J connectivity index is 1.77. The zero-order chi connectivity index (χ0) is 16.0. The van der Waals surface area contributed by atoms with E-state index >= 15 is 0 Å². The van der Waals surface area contributed by atoms with Crippen molar-refractivity contribution in [1.82, 2.24) is 13.7 Å². The lowest BCUT2D eigenvalue weighted by atomic mass is 10.2. The molecule has 0 bridgehead atoms. The topological polar surface area (TPSA) is 54.7 Å². The van der Waals surface area contributed by atoms with Gasteiger partial charge in [-0.1, -0.05) is 24.3 Å². The molecule has 3 aromatic rings. The summed E-state index contributed by atoms with van der Waals surface area (Å²) in [5.74, 6) is 0. The molecule has 23 heavy (non-hydrogen) atoms. The van der Waals surface area contributed by atoms with Crippen LogP contribution in [0.15, 0.2) is 53.6 Å². The van der Waals surface area contributed by atoms with Crippen molar-refractivity contribution < 1.29 is 8.42 Å². The van der Waals surface area contributed by atoms with E-state index in [4.69, 9.17) is 0 Å². The number of rotatable bonds is 2. The van der Waals surface area contributed by atoms with Crippen LogP contribution in [0.2, 0.25) is 0 Å². The molecule has 118 valence electrons. The van der Waals surface area contributed by atoms with Gasteiger partial charge in [0.1, 0.15) is 5.65 Å². The molecule has 0 amide bonds. The summed E-state index contributed by atoms with van der Waals surface area (Å²) in [5, 5.41) is 0. The van der Waals surface area contributed by atoms with E-state index in [9.17, 15) is 8.42 Å². The van der Waals surface area contributed by atoms with Crippen LogP contribution < -0.4 is 0 Å². The maximum Gasteiger partial charge on any atom is 0.243 e. The molecule has 0 N–H and O–H groups in total. The second-order valence-corrected chi connectivity index (χ2v) is 7.69. The monoisotopic (exact) mass is 327 g/mol. The van der Waals surface area contributed by atoms with Gasteiger partial charge in [0.25, 0.3) is 0 Å². The lowest BCUT2D eigenvalue weighted by Crippen LogP contribution is -2.36. The van der Waals surface area contributed by atoms with Crippen molar-refractivity contribution in [3.8, 4) is 0 Å². The second-order valence-electron chi connectivity index (χ2n) is 5.79. The van der Waals surface area contributed by atoms with Gasteiger partial charge in [-0.3, -0.25) is 0 Å². The van der Waals surface area contributed by atoms with E-state index in [1.165, 1.54) is 0 Å². The Morgan fingerprint density at radius 3 is 2.70 bits per heavy atom. The smallest absolute Gasteiger partial charge is 0.243 e. The molecule has 1 aliphatic heterocycles. The van der Waals surface area contributed by atoms with Gasteiger partial charge in [-0.15, -0.1) is 0 Å². The third-order valence-corrected chi connectivity index (χ3v) is 6.35. The average Bonchev–Trinajstić information content (AvgIpc) is 2.93. The Bertz CT molecular complexity index is 992. The molecule has 0 aliphatic carbocycles. The Morgan fingerprint density at radius 1 is 1.09 bits per heavy atom. The van der Waals surface area contributed by atoms with Gasteiger partial charge in [0.05, 0.1) is 22.8 Å². The predicted octanol–water partition coefficient (Wildman–Crippen LogP) is 2.39. The number of aromatic nitrogens is 2. The van der Waals surface area contributed by atoms with Crippen molar-refractivity contribution in [2.75, 3.05) is 6.54 Å². The molecule has 3 heterocycles. The summed E-state index contributed by atoms with van der Waals surface area (Å²) < 4.78 is 29.5. The van der Waals surface area contributed by atoms with Gasteiger partial charge in [0.2, 0.25) is 10.0 Å². The van der Waals surface area contributed by atoms with Crippen molar-refractivity contribution in [2.24, 2.45) is 0 Å². The number of pyridine rings is 1. The van der Waals surface area contributed by atoms with Crippen LogP contribution in [-0.4, -0.2) is 28.7 Å². The zero-order valence-corrected chi connectivity index (χ0v) is 13.6. The van der Waals surface area contributed by atoms with Crippen LogP contribution in [-0.2, 0) is 23.0 Å². The molecule has 0 radical (unpaired) electrons. The first-order valence-electron chi connectivity index (χ1n) is 7.58. The quantitative estimate of drug-likeness (QED) is 0.726. The zero-order valence-electron chi connectivity index (χ0n) is 12.8. The number of nitrogens with zero attached hydrogens (tertiary/aromatic N) is 3. The molecule has 0 saturated carbocycles. The summed E-state index contributed by atoms with van der Waals surface area (Å²) in [6.45, 7) is 2.65. The van der Waals surface area contributed by atoms with E-state index in [0.29, 0.717) is 24.4 Å². The summed E-state index contributed by atoms with van der Waals surface area (Å²) in [4.78, 5) is 4.99. The van der Waals surface area contributed by atoms with Crippen LogP contribution in [0.4, 0.5) is 0 Å². The lowest BCUT2D eigenvalue weighted by molar-refractivity contribution is 0.383. The molecule has 0 fully saturated rings. The van der Waals surface area contributed by atoms with E-state index in [-0.39, 0.29) is 0 Å². The van der Waals surface area contributed by atoms with E-state index < -0.39 is 10.0 Å². The van der Waals surface area contributed by atoms with Crippen LogP contribution in [0.5, 0.6) is 0 Å². The highest BCUT2D eigenvalue weighted by Gasteiger charge is 2.31. The number of hydrogen-bond donors (Lipinski definition) is 0. The molecule has 5 nitrogen and oxygen atoms in total. The Morgan fingerprint density at radius 2 is 1.87 bits per heavy atom. The molecular weight excluding hydrogens is 310 g/mol. The highest BCUT2D eigenvalue weighted by molar-refractivity contribution is 7.89. The van der Waals surface area contributed by atoms with Gasteiger partial charge < -0.3 is 4.40 Å². The van der Waals surface area contributed by atoms with Gasteiger partial charge in [-0.05, 0) is 30.7 Å². The SMILES string of the molecule is Cc1ccccc1S(=O)(=O)N1CCc2nc3ccccn3c2C1. The van der Waals surface area contributed by atoms with E-state index in [1.807, 2.05) is 47.9 Å². The third-order valence-electron chi connectivity index (χ3n) is 4.35. The number of hydrogen-bond acceptors (Lipinski definition) is 3. The van der Waals surface area contributed by atoms with Gasteiger partial charge in [0, 0.05) is 19.2 Å². The fraction of sp³-hybridized carbons (Fsp3) is 0.235. The van der Waals surface area contributed by atoms with Crippen molar-refractivity contribution in [1.29, 1.82) is 0 Å². The maximum atomic E-state index is 13.0. The van der Waals surface area contributed by atoms with Crippen LogP contribution in [0.25, 0.3) is 5.65 Å². The van der Waals surface area contributed by atoms with Crippen LogP contribution in [0.1, 0.15) is 17.0 Å². The summed E-state index contributed by atoms with van der Waals surface area (Å²) in [6, 6.07) is 12.9. The normalized spacial score (nSPS) is 15.7. The standard InChI is InChI=1S/C17H17N3O2S/c1-13-6-2-3-7-16(13)23(21,22)19-11-9-14-15(12-19)20-10-5-4-8-17(20)18-14/h2-8,10H,9,11-12H2,1H3. The molecule has 0 saturated heterocycles. The Kier molecular flexibility index (Phi) is 3.25. The van der Waals surface area contributed by atoms with Gasteiger partial charge in [-0.25, -0.2) is 13.4 Å². The van der Waals surface area contributed by atoms with E-state index in [1.54, 1.807) is 16.4 Å². The predicted molar refractivity (Wildman–Crippen MR) is 87.7 cm³/mol. The minimum atomic E-state index is -3.49. The summed E-state index contributed by atoms with van der Waals surface area (Å²) in [6.07, 6.45) is 2.58. The minimum absolute atomic E-state index is 0.358. The molecule has 2 aromatic heterocycles. The highest BCUT2D eigenvalue weighted by atomic mass is 32.2. The summed E-state index contributed by atoms with van der Waals surface area (Å²) in [7, 11) is -3.49. The van der Waals surface area contributed by atoms with Crippen LogP contribution in [0.3, 0.4) is 0 Å². The fourth-order valence-electron chi connectivity index (χ4n) is 3.13. The first-order chi connectivity index (χ1) is 11.1. The number of benzene rings is 1. The third kappa shape index (κ3) is 2.26. The highest BCUT2D eigenvalue weighted by Crippen LogP contribution is 2.26. The van der Waals surface area contributed by atoms with Crippen LogP contribution >= 0.6 is 0 Å². The molecular formula is C17H17N3O2S. The molecule has 1 aromatic carbocycles. The number of imidazole rings is 1. The van der Waals surface area contributed by atoms with Gasteiger partial charge >= 0.3 is 0 Å². The molecule has 0 spiro atoms. The Labute approximate surface area is 135 Å². The number of aryl methyl sites for hydroxylation is 1.